The van der Waals surface area contributed by atoms with Gasteiger partial charge in [-0.05, 0) is 56.5 Å². The molecule has 2 N–H and O–H groups in total. The lowest BCUT2D eigenvalue weighted by atomic mass is 10.1. The van der Waals surface area contributed by atoms with E-state index in [1.165, 1.54) is 6.07 Å². The first-order chi connectivity index (χ1) is 14.0. The second kappa shape index (κ2) is 9.89. The normalized spacial score (nSPS) is 17.6. The van der Waals surface area contributed by atoms with E-state index < -0.39 is 10.0 Å². The molecule has 6 nitrogen and oxygen atoms in total. The Morgan fingerprint density at radius 3 is 2.62 bits per heavy atom. The van der Waals surface area contributed by atoms with Crippen molar-refractivity contribution >= 4 is 21.6 Å². The Kier molecular flexibility index (Phi) is 7.28. The van der Waals surface area contributed by atoms with Crippen molar-refractivity contribution < 1.29 is 13.2 Å². The predicted octanol–water partition coefficient (Wildman–Crippen LogP) is 3.48. The van der Waals surface area contributed by atoms with Crippen LogP contribution in [0.25, 0.3) is 0 Å². The third-order valence-corrected chi connectivity index (χ3v) is 7.20. The predicted molar refractivity (Wildman–Crippen MR) is 116 cm³/mol. The number of piperidine rings is 1. The van der Waals surface area contributed by atoms with Gasteiger partial charge in [0.05, 0.1) is 4.90 Å². The number of carbonyl (C=O) groups excluding carboxylic acids is 1. The summed E-state index contributed by atoms with van der Waals surface area (Å²) in [6.07, 6.45) is 3.57. The van der Waals surface area contributed by atoms with Gasteiger partial charge >= 0.3 is 0 Å². The molecule has 2 aromatic carbocycles. The van der Waals surface area contributed by atoms with Crippen molar-refractivity contribution in [1.82, 2.24) is 9.62 Å². The van der Waals surface area contributed by atoms with Crippen molar-refractivity contribution in [1.29, 1.82) is 0 Å². The van der Waals surface area contributed by atoms with Gasteiger partial charge in [0.25, 0.3) is 5.91 Å². The average molecular weight is 416 g/mol. The lowest BCUT2D eigenvalue weighted by molar-refractivity contribution is 0.0953. The number of hydrogen-bond donors (Lipinski definition) is 2. The molecule has 1 amide bonds. The van der Waals surface area contributed by atoms with Gasteiger partial charge in [0, 0.05) is 36.9 Å². The minimum Gasteiger partial charge on any atom is -0.385 e. The van der Waals surface area contributed by atoms with Gasteiger partial charge in [0.15, 0.2) is 0 Å². The monoisotopic (exact) mass is 415 g/mol. The summed E-state index contributed by atoms with van der Waals surface area (Å²) in [6.45, 7) is 3.73. The molecule has 1 atom stereocenters. The van der Waals surface area contributed by atoms with Gasteiger partial charge in [0.1, 0.15) is 0 Å². The summed E-state index contributed by atoms with van der Waals surface area (Å²) in [5, 5.41) is 6.16. The first-order valence-corrected chi connectivity index (χ1v) is 11.6. The van der Waals surface area contributed by atoms with Crippen LogP contribution >= 0.6 is 0 Å². The van der Waals surface area contributed by atoms with E-state index in [9.17, 15) is 13.2 Å². The number of benzene rings is 2. The standard InChI is InChI=1S/C22H29N3O3S/c1-18-9-5-6-16-25(18)29(27,28)21-13-7-10-19(17-21)22(26)24-15-8-14-23-20-11-3-2-4-12-20/h2-4,7,10-13,17-18,23H,5-6,8-9,14-16H2,1H3,(H,24,26). The topological polar surface area (TPSA) is 78.5 Å². The number of anilines is 1. The summed E-state index contributed by atoms with van der Waals surface area (Å²) in [4.78, 5) is 12.6. The summed E-state index contributed by atoms with van der Waals surface area (Å²) < 4.78 is 27.5. The molecule has 0 spiro atoms. The third kappa shape index (κ3) is 5.58. The first-order valence-electron chi connectivity index (χ1n) is 10.2. The molecule has 7 heteroatoms. The van der Waals surface area contributed by atoms with Crippen LogP contribution in [0.1, 0.15) is 43.0 Å². The molecule has 0 saturated carbocycles. The molecule has 156 valence electrons. The SMILES string of the molecule is CC1CCCCN1S(=O)(=O)c1cccc(C(=O)NCCCNc2ccccc2)c1. The Hall–Kier alpha value is -2.38. The largest absolute Gasteiger partial charge is 0.385 e. The van der Waals surface area contributed by atoms with Gasteiger partial charge in [0.2, 0.25) is 10.0 Å². The number of hydrogen-bond acceptors (Lipinski definition) is 4. The van der Waals surface area contributed by atoms with Crippen molar-refractivity contribution in [2.24, 2.45) is 0 Å². The van der Waals surface area contributed by atoms with Crippen LogP contribution in [0.5, 0.6) is 0 Å². The molecule has 1 heterocycles. The van der Waals surface area contributed by atoms with Crippen molar-refractivity contribution in [3.63, 3.8) is 0 Å². The number of nitrogens with one attached hydrogen (secondary N) is 2. The van der Waals surface area contributed by atoms with E-state index in [0.29, 0.717) is 18.7 Å². The van der Waals surface area contributed by atoms with Crippen LogP contribution in [-0.2, 0) is 10.0 Å². The number of carbonyl (C=O) groups is 1. The number of para-hydroxylation sites is 1. The lowest BCUT2D eigenvalue weighted by Gasteiger charge is -2.32. The van der Waals surface area contributed by atoms with Crippen LogP contribution in [0.3, 0.4) is 0 Å². The molecule has 0 aromatic heterocycles. The smallest absolute Gasteiger partial charge is 0.251 e. The number of nitrogens with zero attached hydrogens (tertiary/aromatic N) is 1. The van der Waals surface area contributed by atoms with Crippen LogP contribution in [-0.4, -0.2) is 44.3 Å². The van der Waals surface area contributed by atoms with E-state index in [1.54, 1.807) is 22.5 Å². The molecule has 29 heavy (non-hydrogen) atoms. The van der Waals surface area contributed by atoms with Gasteiger partial charge in [-0.3, -0.25) is 4.79 Å². The molecule has 1 saturated heterocycles. The highest BCUT2D eigenvalue weighted by Gasteiger charge is 2.31. The van der Waals surface area contributed by atoms with E-state index in [0.717, 1.165) is 37.9 Å². The highest BCUT2D eigenvalue weighted by Crippen LogP contribution is 2.25. The lowest BCUT2D eigenvalue weighted by Crippen LogP contribution is -2.42. The highest BCUT2D eigenvalue weighted by molar-refractivity contribution is 7.89. The van der Waals surface area contributed by atoms with Gasteiger partial charge < -0.3 is 10.6 Å². The molecule has 3 rings (SSSR count). The van der Waals surface area contributed by atoms with Crippen molar-refractivity contribution in [3.05, 3.63) is 60.2 Å². The molecule has 2 aromatic rings. The van der Waals surface area contributed by atoms with Gasteiger partial charge in [-0.1, -0.05) is 30.7 Å². The zero-order valence-corrected chi connectivity index (χ0v) is 17.6. The molecule has 1 aliphatic rings. The molecule has 0 bridgehead atoms. The van der Waals surface area contributed by atoms with E-state index >= 15 is 0 Å². The fourth-order valence-electron chi connectivity index (χ4n) is 3.54. The van der Waals surface area contributed by atoms with Crippen LogP contribution in [0.15, 0.2) is 59.5 Å². The number of amides is 1. The molecule has 0 radical (unpaired) electrons. The fraction of sp³-hybridized carbons (Fsp3) is 0.409. The van der Waals surface area contributed by atoms with Gasteiger partial charge in [-0.15, -0.1) is 0 Å². The maximum absolute atomic E-state index is 13.0. The average Bonchev–Trinajstić information content (AvgIpc) is 2.74. The van der Waals surface area contributed by atoms with Crippen LogP contribution in [0, 0.1) is 0 Å². The second-order valence-electron chi connectivity index (χ2n) is 7.39. The number of sulfonamides is 1. The second-order valence-corrected chi connectivity index (χ2v) is 9.28. The van der Waals surface area contributed by atoms with E-state index in [-0.39, 0.29) is 16.8 Å². The van der Waals surface area contributed by atoms with E-state index in [2.05, 4.69) is 10.6 Å². The Morgan fingerprint density at radius 2 is 1.86 bits per heavy atom. The van der Waals surface area contributed by atoms with Gasteiger partial charge in [-0.25, -0.2) is 8.42 Å². The molecular formula is C22H29N3O3S. The summed E-state index contributed by atoms with van der Waals surface area (Å²) >= 11 is 0. The Bertz CT molecular complexity index is 916. The molecule has 1 fully saturated rings. The van der Waals surface area contributed by atoms with Crippen LogP contribution in [0.4, 0.5) is 5.69 Å². The summed E-state index contributed by atoms with van der Waals surface area (Å²) in [5.74, 6) is -0.256. The van der Waals surface area contributed by atoms with Crippen LogP contribution < -0.4 is 10.6 Å². The number of rotatable bonds is 8. The minimum absolute atomic E-state index is 0.0108. The molecule has 1 aliphatic heterocycles. The zero-order chi connectivity index (χ0) is 20.7. The third-order valence-electron chi connectivity index (χ3n) is 5.19. The quantitative estimate of drug-likeness (QED) is 0.647. The van der Waals surface area contributed by atoms with Crippen molar-refractivity contribution in [2.45, 2.75) is 43.5 Å². The molecule has 1 unspecified atom stereocenters. The van der Waals surface area contributed by atoms with Crippen molar-refractivity contribution in [3.8, 4) is 0 Å². The summed E-state index contributed by atoms with van der Waals surface area (Å²) in [5.41, 5.74) is 1.41. The fourth-order valence-corrected chi connectivity index (χ4v) is 5.29. The Labute approximate surface area is 173 Å². The molecule has 0 aliphatic carbocycles. The van der Waals surface area contributed by atoms with E-state index in [4.69, 9.17) is 0 Å². The zero-order valence-electron chi connectivity index (χ0n) is 16.8. The van der Waals surface area contributed by atoms with Crippen LogP contribution in [0.2, 0.25) is 0 Å². The summed E-state index contributed by atoms with van der Waals surface area (Å²) in [7, 11) is -3.58. The Balaban J connectivity index is 1.55. The van der Waals surface area contributed by atoms with Gasteiger partial charge in [-0.2, -0.15) is 4.31 Å². The summed E-state index contributed by atoms with van der Waals surface area (Å²) in [6, 6.07) is 16.2. The first kappa shape index (κ1) is 21.3. The maximum Gasteiger partial charge on any atom is 0.251 e. The van der Waals surface area contributed by atoms with Crippen molar-refractivity contribution in [2.75, 3.05) is 25.0 Å². The maximum atomic E-state index is 13.0. The van der Waals surface area contributed by atoms with E-state index in [1.807, 2.05) is 37.3 Å². The minimum atomic E-state index is -3.58. The Morgan fingerprint density at radius 1 is 1.07 bits per heavy atom. The highest BCUT2D eigenvalue weighted by atomic mass is 32.2. The molecular weight excluding hydrogens is 386 g/mol.